The van der Waals surface area contributed by atoms with E-state index in [9.17, 15) is 10.1 Å². The van der Waals surface area contributed by atoms with E-state index in [2.05, 4.69) is 4.98 Å². The van der Waals surface area contributed by atoms with Crippen LogP contribution in [-0.4, -0.2) is 24.0 Å². The molecule has 0 fully saturated rings. The Balaban J connectivity index is 3.17. The van der Waals surface area contributed by atoms with Crippen LogP contribution in [0.3, 0.4) is 0 Å². The molecule has 5 heteroatoms. The first-order valence-electron chi connectivity index (χ1n) is 3.38. The summed E-state index contributed by atoms with van der Waals surface area (Å²) in [6.45, 7) is 0. The van der Waals surface area contributed by atoms with E-state index in [-0.39, 0.29) is 5.69 Å². The number of nitro groups is 1. The van der Waals surface area contributed by atoms with Gasteiger partial charge >= 0.3 is 0 Å². The number of aromatic nitrogens is 1. The first-order valence-corrected chi connectivity index (χ1v) is 3.38. The molecule has 1 rings (SSSR count). The van der Waals surface area contributed by atoms with Crippen molar-refractivity contribution in [1.29, 1.82) is 0 Å². The van der Waals surface area contributed by atoms with Crippen LogP contribution in [0.15, 0.2) is 18.5 Å². The molecule has 0 spiro atoms. The summed E-state index contributed by atoms with van der Waals surface area (Å²) in [5.41, 5.74) is 0.595. The zero-order chi connectivity index (χ0) is 9.14. The van der Waals surface area contributed by atoms with Gasteiger partial charge in [-0.25, -0.2) is 0 Å². The third-order valence-electron chi connectivity index (χ3n) is 1.46. The molecule has 0 bridgehead atoms. The van der Waals surface area contributed by atoms with E-state index >= 15 is 0 Å². The molecule has 1 heterocycles. The van der Waals surface area contributed by atoms with Crippen molar-refractivity contribution in [3.05, 3.63) is 28.6 Å². The lowest BCUT2D eigenvalue weighted by atomic mass is 10.3. The second kappa shape index (κ2) is 3.17. The van der Waals surface area contributed by atoms with Gasteiger partial charge < -0.3 is 4.90 Å². The minimum atomic E-state index is -0.420. The molecule has 1 aromatic heterocycles. The lowest BCUT2D eigenvalue weighted by molar-refractivity contribution is -0.384. The quantitative estimate of drug-likeness (QED) is 0.488. The zero-order valence-corrected chi connectivity index (χ0v) is 6.89. The van der Waals surface area contributed by atoms with Crippen LogP contribution in [0.2, 0.25) is 0 Å². The van der Waals surface area contributed by atoms with Crippen LogP contribution in [0.1, 0.15) is 0 Å². The largest absolute Gasteiger partial charge is 0.371 e. The number of hydrogen-bond acceptors (Lipinski definition) is 4. The van der Waals surface area contributed by atoms with Gasteiger partial charge in [0, 0.05) is 26.4 Å². The standard InChI is InChI=1S/C7H9N3O2/c1-9(2)7-5-8-4-3-6(7)10(11)12/h3-5H,1-2H3. The van der Waals surface area contributed by atoms with E-state index in [0.717, 1.165) is 0 Å². The molecule has 0 saturated heterocycles. The van der Waals surface area contributed by atoms with Crippen molar-refractivity contribution in [1.82, 2.24) is 4.98 Å². The van der Waals surface area contributed by atoms with Crippen LogP contribution in [0.5, 0.6) is 0 Å². The average molecular weight is 167 g/mol. The Labute approximate surface area is 69.8 Å². The van der Waals surface area contributed by atoms with Crippen LogP contribution in [0.25, 0.3) is 0 Å². The Hall–Kier alpha value is -1.65. The van der Waals surface area contributed by atoms with Gasteiger partial charge in [0.15, 0.2) is 0 Å². The van der Waals surface area contributed by atoms with Crippen LogP contribution in [-0.2, 0) is 0 Å². The highest BCUT2D eigenvalue weighted by atomic mass is 16.6. The summed E-state index contributed by atoms with van der Waals surface area (Å²) in [5.74, 6) is 0. The highest BCUT2D eigenvalue weighted by Crippen LogP contribution is 2.23. The van der Waals surface area contributed by atoms with Crippen molar-refractivity contribution >= 4 is 11.4 Å². The first-order chi connectivity index (χ1) is 5.63. The molecule has 0 unspecified atom stereocenters. The highest BCUT2D eigenvalue weighted by molar-refractivity contribution is 5.60. The summed E-state index contributed by atoms with van der Waals surface area (Å²) in [6, 6.07) is 1.38. The summed E-state index contributed by atoms with van der Waals surface area (Å²) in [7, 11) is 3.48. The molecule has 0 aliphatic rings. The molecule has 64 valence electrons. The van der Waals surface area contributed by atoms with Gasteiger partial charge in [-0.15, -0.1) is 0 Å². The summed E-state index contributed by atoms with van der Waals surface area (Å²) in [4.78, 5) is 15.5. The lowest BCUT2D eigenvalue weighted by Gasteiger charge is -2.10. The SMILES string of the molecule is CN(C)c1cnccc1[N+](=O)[O-]. The minimum Gasteiger partial charge on any atom is -0.371 e. The van der Waals surface area contributed by atoms with Gasteiger partial charge in [-0.1, -0.05) is 0 Å². The molecular weight excluding hydrogens is 158 g/mol. The van der Waals surface area contributed by atoms with Crippen molar-refractivity contribution in [2.24, 2.45) is 0 Å². The fraction of sp³-hybridized carbons (Fsp3) is 0.286. The number of anilines is 1. The topological polar surface area (TPSA) is 59.3 Å². The Morgan fingerprint density at radius 3 is 2.67 bits per heavy atom. The number of nitrogens with zero attached hydrogens (tertiary/aromatic N) is 3. The predicted molar refractivity (Wildman–Crippen MR) is 45.2 cm³/mol. The molecule has 1 aromatic rings. The minimum absolute atomic E-state index is 0.0787. The molecule has 0 amide bonds. The normalized spacial score (nSPS) is 9.50. The van der Waals surface area contributed by atoms with E-state index in [1.165, 1.54) is 18.5 Å². The summed E-state index contributed by atoms with van der Waals surface area (Å²) in [6.07, 6.45) is 2.88. The number of rotatable bonds is 2. The maximum absolute atomic E-state index is 10.5. The summed E-state index contributed by atoms with van der Waals surface area (Å²) >= 11 is 0. The lowest BCUT2D eigenvalue weighted by Crippen LogP contribution is -2.11. The van der Waals surface area contributed by atoms with E-state index in [4.69, 9.17) is 0 Å². The second-order valence-electron chi connectivity index (χ2n) is 2.52. The van der Waals surface area contributed by atoms with Gasteiger partial charge in [-0.2, -0.15) is 0 Å². The van der Waals surface area contributed by atoms with Gasteiger partial charge in [0.25, 0.3) is 5.69 Å². The fourth-order valence-electron chi connectivity index (χ4n) is 0.878. The van der Waals surface area contributed by atoms with Gasteiger partial charge in [0.05, 0.1) is 11.1 Å². The molecule has 0 radical (unpaired) electrons. The Bertz CT molecular complexity index is 298. The Morgan fingerprint density at radius 2 is 2.25 bits per heavy atom. The maximum Gasteiger partial charge on any atom is 0.295 e. The van der Waals surface area contributed by atoms with Crippen LogP contribution < -0.4 is 4.90 Å². The first kappa shape index (κ1) is 8.45. The molecule has 0 aliphatic heterocycles. The number of hydrogen-bond donors (Lipinski definition) is 0. The third-order valence-corrected chi connectivity index (χ3v) is 1.46. The molecule has 0 aromatic carbocycles. The van der Waals surface area contributed by atoms with Crippen molar-refractivity contribution in [3.63, 3.8) is 0 Å². The Morgan fingerprint density at radius 1 is 1.58 bits per heavy atom. The van der Waals surface area contributed by atoms with Gasteiger partial charge in [0.1, 0.15) is 5.69 Å². The highest BCUT2D eigenvalue weighted by Gasteiger charge is 2.13. The van der Waals surface area contributed by atoms with E-state index in [1.54, 1.807) is 19.0 Å². The summed E-state index contributed by atoms with van der Waals surface area (Å²) in [5, 5.41) is 10.5. The molecule has 0 atom stereocenters. The van der Waals surface area contributed by atoms with Crippen LogP contribution in [0, 0.1) is 10.1 Å². The predicted octanol–water partition coefficient (Wildman–Crippen LogP) is 1.06. The monoisotopic (exact) mass is 167 g/mol. The van der Waals surface area contributed by atoms with Gasteiger partial charge in [-0.05, 0) is 0 Å². The fourth-order valence-corrected chi connectivity index (χ4v) is 0.878. The van der Waals surface area contributed by atoms with Crippen LogP contribution >= 0.6 is 0 Å². The van der Waals surface area contributed by atoms with Crippen molar-refractivity contribution in [2.75, 3.05) is 19.0 Å². The molecule has 0 N–H and O–H groups in total. The zero-order valence-electron chi connectivity index (χ0n) is 6.89. The smallest absolute Gasteiger partial charge is 0.295 e. The third kappa shape index (κ3) is 1.50. The molecule has 0 aliphatic carbocycles. The van der Waals surface area contributed by atoms with E-state index in [0.29, 0.717) is 5.69 Å². The Kier molecular flexibility index (Phi) is 2.23. The second-order valence-corrected chi connectivity index (χ2v) is 2.52. The van der Waals surface area contributed by atoms with Crippen molar-refractivity contribution in [2.45, 2.75) is 0 Å². The molecular formula is C7H9N3O2. The van der Waals surface area contributed by atoms with Crippen LogP contribution in [0.4, 0.5) is 11.4 Å². The summed E-state index contributed by atoms with van der Waals surface area (Å²) < 4.78 is 0. The van der Waals surface area contributed by atoms with E-state index in [1.807, 2.05) is 0 Å². The van der Waals surface area contributed by atoms with Crippen molar-refractivity contribution in [3.8, 4) is 0 Å². The molecule has 0 saturated carbocycles. The average Bonchev–Trinajstić information content (AvgIpc) is 2.04. The molecule has 12 heavy (non-hydrogen) atoms. The number of pyridine rings is 1. The van der Waals surface area contributed by atoms with Gasteiger partial charge in [0.2, 0.25) is 0 Å². The van der Waals surface area contributed by atoms with Crippen molar-refractivity contribution < 1.29 is 4.92 Å². The molecule has 5 nitrogen and oxygen atoms in total. The maximum atomic E-state index is 10.5. The van der Waals surface area contributed by atoms with Gasteiger partial charge in [-0.3, -0.25) is 15.1 Å². The van der Waals surface area contributed by atoms with E-state index < -0.39 is 4.92 Å².